The van der Waals surface area contributed by atoms with Gasteiger partial charge in [-0.3, -0.25) is 24.3 Å². The summed E-state index contributed by atoms with van der Waals surface area (Å²) in [5.41, 5.74) is 0.605. The number of nitrogens with one attached hydrogen (secondary N) is 1. The number of aromatic nitrogens is 1. The SMILES string of the molecule is CCOC(=O)CC(NC(=O)Cn1c(=O)oc2cc([N+](=O)[O-])ccc21)c1cccc(OC)c1. The van der Waals surface area contributed by atoms with E-state index < -0.39 is 35.1 Å². The van der Waals surface area contributed by atoms with Crippen LogP contribution in [0.4, 0.5) is 5.69 Å². The first-order valence-corrected chi connectivity index (χ1v) is 9.69. The zero-order valence-corrected chi connectivity index (χ0v) is 17.4. The second kappa shape index (κ2) is 9.77. The Morgan fingerprint density at radius 1 is 1.25 bits per heavy atom. The molecule has 0 aliphatic carbocycles. The van der Waals surface area contributed by atoms with Crippen molar-refractivity contribution in [2.75, 3.05) is 13.7 Å². The summed E-state index contributed by atoms with van der Waals surface area (Å²) < 4.78 is 16.3. The molecule has 1 amide bonds. The molecule has 0 fully saturated rings. The molecule has 0 spiro atoms. The number of amides is 1. The number of rotatable bonds is 9. The second-order valence-corrected chi connectivity index (χ2v) is 6.77. The van der Waals surface area contributed by atoms with Crippen molar-refractivity contribution in [3.63, 3.8) is 0 Å². The van der Waals surface area contributed by atoms with Crippen LogP contribution in [0.1, 0.15) is 24.9 Å². The third-order valence-corrected chi connectivity index (χ3v) is 4.67. The number of carbonyl (C=O) groups excluding carboxylic acids is 2. The highest BCUT2D eigenvalue weighted by molar-refractivity contribution is 5.81. The van der Waals surface area contributed by atoms with Gasteiger partial charge in [0.05, 0.1) is 42.7 Å². The molecule has 0 saturated carbocycles. The molecule has 3 aromatic rings. The number of non-ortho nitro benzene ring substituents is 1. The number of hydrogen-bond donors (Lipinski definition) is 1. The van der Waals surface area contributed by atoms with Gasteiger partial charge in [-0.05, 0) is 30.7 Å². The van der Waals surface area contributed by atoms with Crippen LogP contribution in [0.2, 0.25) is 0 Å². The van der Waals surface area contributed by atoms with Crippen molar-refractivity contribution in [1.29, 1.82) is 0 Å². The number of oxazole rings is 1. The van der Waals surface area contributed by atoms with E-state index in [-0.39, 0.29) is 29.8 Å². The van der Waals surface area contributed by atoms with Gasteiger partial charge >= 0.3 is 11.7 Å². The molecule has 1 atom stereocenters. The zero-order valence-electron chi connectivity index (χ0n) is 17.4. The van der Waals surface area contributed by atoms with E-state index in [1.54, 1.807) is 31.2 Å². The van der Waals surface area contributed by atoms with E-state index in [1.165, 1.54) is 19.2 Å². The topological polar surface area (TPSA) is 143 Å². The third-order valence-electron chi connectivity index (χ3n) is 4.67. The number of nitro groups is 1. The van der Waals surface area contributed by atoms with Crippen LogP contribution in [0.5, 0.6) is 5.75 Å². The average molecular weight is 443 g/mol. The lowest BCUT2D eigenvalue weighted by Crippen LogP contribution is -2.35. The molecule has 0 bridgehead atoms. The van der Waals surface area contributed by atoms with Crippen LogP contribution in [-0.2, 0) is 20.9 Å². The highest BCUT2D eigenvalue weighted by atomic mass is 16.6. The van der Waals surface area contributed by atoms with Gasteiger partial charge in [0.25, 0.3) is 5.69 Å². The lowest BCUT2D eigenvalue weighted by molar-refractivity contribution is -0.384. The van der Waals surface area contributed by atoms with Gasteiger partial charge in [0, 0.05) is 6.07 Å². The van der Waals surface area contributed by atoms with Crippen LogP contribution in [-0.4, -0.2) is 35.1 Å². The van der Waals surface area contributed by atoms with Crippen molar-refractivity contribution >= 4 is 28.7 Å². The summed E-state index contributed by atoms with van der Waals surface area (Å²) in [7, 11) is 1.50. The standard InChI is InChI=1S/C21H21N3O8/c1-3-31-20(26)11-16(13-5-4-6-15(9-13)30-2)22-19(25)12-23-17-8-7-14(24(28)29)10-18(17)32-21(23)27/h4-10,16H,3,11-12H2,1-2H3,(H,22,25). The fourth-order valence-corrected chi connectivity index (χ4v) is 3.20. The van der Waals surface area contributed by atoms with Crippen LogP contribution in [0, 0.1) is 10.1 Å². The Hall–Kier alpha value is -4.15. The molecule has 11 heteroatoms. The number of nitrogens with zero attached hydrogens (tertiary/aromatic N) is 2. The lowest BCUT2D eigenvalue weighted by atomic mass is 10.0. The maximum absolute atomic E-state index is 12.8. The predicted octanol–water partition coefficient (Wildman–Crippen LogP) is 2.32. The number of ether oxygens (including phenoxy) is 2. The first kappa shape index (κ1) is 22.5. The maximum Gasteiger partial charge on any atom is 0.420 e. The predicted molar refractivity (Wildman–Crippen MR) is 112 cm³/mol. The summed E-state index contributed by atoms with van der Waals surface area (Å²) in [4.78, 5) is 47.3. The molecule has 1 aromatic heterocycles. The van der Waals surface area contributed by atoms with Gasteiger partial charge < -0.3 is 19.2 Å². The normalized spacial score (nSPS) is 11.7. The zero-order chi connectivity index (χ0) is 23.3. The minimum atomic E-state index is -0.834. The van der Waals surface area contributed by atoms with Crippen LogP contribution in [0.25, 0.3) is 11.1 Å². The number of esters is 1. The molecule has 0 aliphatic rings. The molecular formula is C21H21N3O8. The van der Waals surface area contributed by atoms with Gasteiger partial charge in [-0.25, -0.2) is 4.79 Å². The molecule has 2 aromatic carbocycles. The number of nitro benzene ring substituents is 1. The Bertz CT molecular complexity index is 1210. The number of carbonyl (C=O) groups is 2. The summed E-state index contributed by atoms with van der Waals surface area (Å²) in [5, 5.41) is 13.6. The smallest absolute Gasteiger partial charge is 0.420 e. The molecular weight excluding hydrogens is 422 g/mol. The van der Waals surface area contributed by atoms with Crippen LogP contribution < -0.4 is 15.8 Å². The van der Waals surface area contributed by atoms with Crippen molar-refractivity contribution in [1.82, 2.24) is 9.88 Å². The molecule has 3 rings (SSSR count). The van der Waals surface area contributed by atoms with Gasteiger partial charge in [-0.1, -0.05) is 12.1 Å². The van der Waals surface area contributed by atoms with Gasteiger partial charge in [0.15, 0.2) is 5.58 Å². The molecule has 1 N–H and O–H groups in total. The molecule has 1 unspecified atom stereocenters. The molecule has 0 aliphatic heterocycles. The van der Waals surface area contributed by atoms with Crippen LogP contribution >= 0.6 is 0 Å². The molecule has 1 heterocycles. The van der Waals surface area contributed by atoms with Crippen molar-refractivity contribution in [2.45, 2.75) is 25.9 Å². The number of hydrogen-bond acceptors (Lipinski definition) is 8. The van der Waals surface area contributed by atoms with Crippen molar-refractivity contribution in [2.24, 2.45) is 0 Å². The second-order valence-electron chi connectivity index (χ2n) is 6.77. The summed E-state index contributed by atoms with van der Waals surface area (Å²) >= 11 is 0. The highest BCUT2D eigenvalue weighted by Gasteiger charge is 2.22. The van der Waals surface area contributed by atoms with Crippen molar-refractivity contribution < 1.29 is 28.4 Å². The van der Waals surface area contributed by atoms with Crippen molar-refractivity contribution in [3.05, 3.63) is 68.7 Å². The lowest BCUT2D eigenvalue weighted by Gasteiger charge is -2.19. The molecule has 32 heavy (non-hydrogen) atoms. The number of fused-ring (bicyclic) bond motifs is 1. The largest absolute Gasteiger partial charge is 0.497 e. The van der Waals surface area contributed by atoms with E-state index >= 15 is 0 Å². The van der Waals surface area contributed by atoms with E-state index in [1.807, 2.05) is 0 Å². The molecule has 168 valence electrons. The highest BCUT2D eigenvalue weighted by Crippen LogP contribution is 2.23. The summed E-state index contributed by atoms with van der Waals surface area (Å²) in [6, 6.07) is 9.79. The first-order valence-electron chi connectivity index (χ1n) is 9.69. The van der Waals surface area contributed by atoms with E-state index in [0.29, 0.717) is 11.3 Å². The Morgan fingerprint density at radius 3 is 2.72 bits per heavy atom. The van der Waals surface area contributed by atoms with Crippen molar-refractivity contribution in [3.8, 4) is 5.75 Å². The summed E-state index contributed by atoms with van der Waals surface area (Å²) in [6.07, 6.45) is -0.125. The first-order chi connectivity index (χ1) is 15.3. The Kier molecular flexibility index (Phi) is 6.88. The maximum atomic E-state index is 12.8. The molecule has 0 radical (unpaired) electrons. The monoisotopic (exact) mass is 443 g/mol. The Morgan fingerprint density at radius 2 is 2.03 bits per heavy atom. The van der Waals surface area contributed by atoms with Gasteiger partial charge in [-0.15, -0.1) is 0 Å². The molecule has 11 nitrogen and oxygen atoms in total. The average Bonchev–Trinajstić information content (AvgIpc) is 3.07. The van der Waals surface area contributed by atoms with Crippen LogP contribution in [0.15, 0.2) is 51.7 Å². The Balaban J connectivity index is 1.84. The van der Waals surface area contributed by atoms with Gasteiger partial charge in [0.1, 0.15) is 12.3 Å². The third kappa shape index (κ3) is 5.12. The van der Waals surface area contributed by atoms with Crippen LogP contribution in [0.3, 0.4) is 0 Å². The quantitative estimate of drug-likeness (QED) is 0.301. The van der Waals surface area contributed by atoms with Gasteiger partial charge in [0.2, 0.25) is 5.91 Å². The minimum absolute atomic E-state index is 0.00660. The number of methoxy groups -OCH3 is 1. The minimum Gasteiger partial charge on any atom is -0.497 e. The molecule has 0 saturated heterocycles. The number of benzene rings is 2. The summed E-state index contributed by atoms with van der Waals surface area (Å²) in [5.74, 6) is -1.35. The summed E-state index contributed by atoms with van der Waals surface area (Å²) in [6.45, 7) is 1.46. The van der Waals surface area contributed by atoms with E-state index in [9.17, 15) is 24.5 Å². The fraction of sp³-hybridized carbons (Fsp3) is 0.286. The van der Waals surface area contributed by atoms with E-state index in [4.69, 9.17) is 13.9 Å². The fourth-order valence-electron chi connectivity index (χ4n) is 3.20. The van der Waals surface area contributed by atoms with E-state index in [0.717, 1.165) is 10.6 Å². The van der Waals surface area contributed by atoms with Gasteiger partial charge in [-0.2, -0.15) is 0 Å². The Labute approximate surface area is 181 Å². The van der Waals surface area contributed by atoms with E-state index in [2.05, 4.69) is 5.32 Å².